The van der Waals surface area contributed by atoms with Gasteiger partial charge in [-0.3, -0.25) is 0 Å². The van der Waals surface area contributed by atoms with Crippen LogP contribution in [0.4, 0.5) is 4.39 Å². The van der Waals surface area contributed by atoms with Crippen molar-refractivity contribution < 1.29 is 32.9 Å². The monoisotopic (exact) mass is 841 g/mol. The number of halogens is 4. The summed E-state index contributed by atoms with van der Waals surface area (Å²) in [5.41, 5.74) is 3.88. The van der Waals surface area contributed by atoms with Gasteiger partial charge in [-0.15, -0.1) is 0 Å². The minimum absolute atomic E-state index is 0.158. The molecule has 0 amide bonds. The highest BCUT2D eigenvalue weighted by atomic mass is 127. The molecular weight excluding hydrogens is 804 g/mol. The standard InChI is InChI=1S/C27H26ClIO5.C14H12ClFO/c1-15-5-6-23(22(28)7-15)32-14-16-3-2-4-21(13-16)29-24-25(30)33-27(34-26(24)31)19-9-17-8-18(11-19)12-20(27)10-17;1-10-5-6-14(13(15)7-10)17-9-11-3-2-4-12(16)8-11/h2-7,13,17-20H,8-12,14H2,1H3;2-8H,9H2,1H3/i;16-1. The molecule has 4 aromatic rings. The molecule has 51 heavy (non-hydrogen) atoms. The van der Waals surface area contributed by atoms with Crippen LogP contribution < -0.4 is 9.47 Å². The van der Waals surface area contributed by atoms with Gasteiger partial charge < -0.3 is 18.9 Å². The van der Waals surface area contributed by atoms with Gasteiger partial charge in [-0.25, -0.2) is 14.0 Å². The van der Waals surface area contributed by atoms with Crippen molar-refractivity contribution in [3.05, 3.63) is 127 Å². The minimum atomic E-state index is -1.04. The first-order valence-corrected chi connectivity index (χ1v) is 20.1. The normalized spacial score (nSPS) is 24.5. The number of esters is 2. The zero-order chi connectivity index (χ0) is 35.7. The van der Waals surface area contributed by atoms with E-state index in [0.29, 0.717) is 46.6 Å². The average Bonchev–Trinajstić information content (AvgIpc) is 3.08. The van der Waals surface area contributed by atoms with E-state index in [1.54, 1.807) is 6.07 Å². The van der Waals surface area contributed by atoms with Gasteiger partial charge >= 0.3 is 11.9 Å². The molecule has 0 radical (unpaired) electrons. The van der Waals surface area contributed by atoms with Gasteiger partial charge in [0.05, 0.1) is 10.0 Å². The van der Waals surface area contributed by atoms with Crippen molar-refractivity contribution in [2.45, 2.75) is 65.0 Å². The van der Waals surface area contributed by atoms with Crippen molar-refractivity contribution in [1.29, 1.82) is 0 Å². The molecule has 0 atom stereocenters. The lowest BCUT2D eigenvalue weighted by molar-refractivity contribution is -0.308. The Labute approximate surface area is 317 Å². The van der Waals surface area contributed by atoms with E-state index in [2.05, 4.69) is 0 Å². The van der Waals surface area contributed by atoms with Crippen molar-refractivity contribution in [3.8, 4) is 11.5 Å². The van der Waals surface area contributed by atoms with E-state index in [-0.39, 0.29) is 21.2 Å². The summed E-state index contributed by atoms with van der Waals surface area (Å²) >= 11 is 11.3. The molecule has 4 bridgehead atoms. The third-order valence-corrected chi connectivity index (χ3v) is 13.4. The zero-order valence-electron chi connectivity index (χ0n) is 28.3. The van der Waals surface area contributed by atoms with E-state index in [9.17, 15) is 14.0 Å². The Bertz CT molecular complexity index is 1950. The van der Waals surface area contributed by atoms with Crippen LogP contribution in [0.1, 0.15) is 54.4 Å². The molecule has 4 aliphatic carbocycles. The van der Waals surface area contributed by atoms with Gasteiger partial charge in [0.15, 0.2) is 3.51 Å². The van der Waals surface area contributed by atoms with Crippen molar-refractivity contribution in [2.75, 3.05) is 0 Å². The number of carbonyl (C=O) groups excluding carboxylic acids is 2. The molecule has 4 aromatic carbocycles. The number of rotatable bonds is 7. The van der Waals surface area contributed by atoms with Crippen LogP contribution in [0.25, 0.3) is 0 Å². The number of hydrogen-bond donors (Lipinski definition) is 0. The van der Waals surface area contributed by atoms with Crippen LogP contribution >= 0.6 is 43.9 Å². The number of carbonyl (C=O) groups is 2. The average molecular weight is 843 g/mol. The van der Waals surface area contributed by atoms with Crippen LogP contribution in [0.15, 0.2) is 84.9 Å². The summed E-state index contributed by atoms with van der Waals surface area (Å²) in [6, 6.07) is 25.4. The van der Waals surface area contributed by atoms with Crippen LogP contribution in [0.2, 0.25) is 10.0 Å². The second kappa shape index (κ2) is 15.2. The van der Waals surface area contributed by atoms with E-state index in [1.165, 1.54) is 18.6 Å². The summed E-state index contributed by atoms with van der Waals surface area (Å²) in [6.45, 7) is 4.59. The van der Waals surface area contributed by atoms with Crippen LogP contribution in [0, 0.1) is 46.9 Å². The summed E-state index contributed by atoms with van der Waals surface area (Å²) < 4.78 is 37.6. The summed E-state index contributed by atoms with van der Waals surface area (Å²) in [5, 5.41) is 1.15. The number of aryl methyl sites for hydroxylation is 2. The third kappa shape index (κ3) is 8.13. The van der Waals surface area contributed by atoms with Gasteiger partial charge in [-0.2, -0.15) is 0 Å². The van der Waals surface area contributed by atoms with Crippen molar-refractivity contribution >= 4 is 59.4 Å². The highest BCUT2D eigenvalue weighted by Gasteiger charge is 2.64. The molecule has 5 aliphatic rings. The second-order valence-electron chi connectivity index (χ2n) is 13.9. The maximum Gasteiger partial charge on any atom is 0.354 e. The molecule has 0 N–H and O–H groups in total. The van der Waals surface area contributed by atoms with Crippen LogP contribution in [-0.2, 0) is 32.3 Å². The van der Waals surface area contributed by atoms with Crippen LogP contribution in [0.3, 0.4) is 0 Å². The Morgan fingerprint density at radius 3 is 1.73 bits per heavy atom. The van der Waals surface area contributed by atoms with Crippen LogP contribution in [0.5, 0.6) is 11.5 Å². The fourth-order valence-corrected chi connectivity index (χ4v) is 10.7. The zero-order valence-corrected chi connectivity index (χ0v) is 32.0. The topological polar surface area (TPSA) is 71.1 Å². The maximum atomic E-state index is 13.1. The Kier molecular flexibility index (Phi) is 10.7. The largest absolute Gasteiger partial charge is 0.487 e. The predicted octanol–water partition coefficient (Wildman–Crippen LogP) is 10.2. The predicted molar refractivity (Wildman–Crippen MR) is 204 cm³/mol. The van der Waals surface area contributed by atoms with Crippen LogP contribution in [-0.4, -0.2) is 21.2 Å². The van der Waals surface area contributed by atoms with Gasteiger partial charge in [-0.1, -0.05) is 80.3 Å². The minimum Gasteiger partial charge on any atom is -0.487 e. The number of ether oxygens (including phenoxy) is 4. The Hall–Kier alpha value is -3.47. The fraction of sp³-hybridized carbons (Fsp3) is 0.341. The lowest BCUT2D eigenvalue weighted by Gasteiger charge is -2.59. The van der Waals surface area contributed by atoms with Gasteiger partial charge in [0, 0.05) is 15.4 Å². The Balaban J connectivity index is 0.000000201. The maximum absolute atomic E-state index is 13.1. The molecule has 1 saturated heterocycles. The lowest BCUT2D eigenvalue weighted by atomic mass is 9.53. The molecule has 1 heterocycles. The molecule has 10 heteroatoms. The quantitative estimate of drug-likeness (QED) is 0.136. The van der Waals surface area contributed by atoms with E-state index in [4.69, 9.17) is 42.1 Å². The van der Waals surface area contributed by atoms with E-state index in [0.717, 1.165) is 51.5 Å². The molecule has 5 fully saturated rings. The highest BCUT2D eigenvalue weighted by Crippen LogP contribution is 2.60. The molecular formula is C41H38Cl2FIO6. The summed E-state index contributed by atoms with van der Waals surface area (Å²) in [6.07, 6.45) is 5.30. The Morgan fingerprint density at radius 2 is 1.22 bits per heavy atom. The lowest BCUT2D eigenvalue weighted by Crippen LogP contribution is -2.65. The number of benzene rings is 4. The molecule has 1 aliphatic heterocycles. The molecule has 266 valence electrons. The van der Waals surface area contributed by atoms with Gasteiger partial charge in [0.1, 0.15) is 30.5 Å². The first-order chi connectivity index (χ1) is 24.5. The molecule has 4 saturated carbocycles. The van der Waals surface area contributed by atoms with Gasteiger partial charge in [0.2, 0.25) is 0 Å². The molecule has 0 aromatic heterocycles. The van der Waals surface area contributed by atoms with Gasteiger partial charge in [-0.05, 0) is 129 Å². The number of hydrogen-bond acceptors (Lipinski definition) is 6. The molecule has 0 unspecified atom stereocenters. The summed E-state index contributed by atoms with van der Waals surface area (Å²) in [4.78, 5) is 26.2. The SMILES string of the molecule is Cc1ccc(OCc2cccc(I=C3C(=O)OC4(OC3=O)C3CC5CC(C3)CC4C5)c2)c(Cl)c1.Cc1ccc(OCc2cccc([18F])c2)c(Cl)c1. The first kappa shape index (κ1) is 35.9. The highest BCUT2D eigenvalue weighted by molar-refractivity contribution is 14.2. The van der Waals surface area contributed by atoms with Crippen molar-refractivity contribution in [1.82, 2.24) is 0 Å². The second-order valence-corrected chi connectivity index (χ2v) is 17.6. The molecule has 6 nitrogen and oxygen atoms in total. The molecule has 1 spiro atoms. The van der Waals surface area contributed by atoms with Gasteiger partial charge in [0.25, 0.3) is 5.79 Å². The van der Waals surface area contributed by atoms with Crippen molar-refractivity contribution in [2.24, 2.45) is 23.7 Å². The van der Waals surface area contributed by atoms with E-state index >= 15 is 0 Å². The Morgan fingerprint density at radius 1 is 0.706 bits per heavy atom. The van der Waals surface area contributed by atoms with E-state index < -0.39 is 38.5 Å². The van der Waals surface area contributed by atoms with Crippen molar-refractivity contribution in [3.63, 3.8) is 0 Å². The fourth-order valence-electron chi connectivity index (χ4n) is 7.92. The first-order valence-electron chi connectivity index (χ1n) is 17.1. The molecule has 9 rings (SSSR count). The smallest absolute Gasteiger partial charge is 0.354 e. The third-order valence-electron chi connectivity index (χ3n) is 10.1. The van der Waals surface area contributed by atoms with E-state index in [1.807, 2.05) is 80.6 Å². The summed E-state index contributed by atoms with van der Waals surface area (Å²) in [5.74, 6) is 0.735. The summed E-state index contributed by atoms with van der Waals surface area (Å²) in [7, 11) is 0.